The number of aryl methyl sites for hydroxylation is 1. The molecule has 1 aromatic carbocycles. The summed E-state index contributed by atoms with van der Waals surface area (Å²) >= 11 is 1.77. The highest BCUT2D eigenvalue weighted by atomic mass is 32.2. The Morgan fingerprint density at radius 3 is 2.72 bits per heavy atom. The van der Waals surface area contributed by atoms with Gasteiger partial charge in [-0.15, -0.1) is 11.8 Å². The van der Waals surface area contributed by atoms with E-state index in [-0.39, 0.29) is 0 Å². The normalized spacial score (nSPS) is 10.3. The molecule has 2 rings (SSSR count). The van der Waals surface area contributed by atoms with Crippen LogP contribution in [0, 0.1) is 0 Å². The van der Waals surface area contributed by atoms with Gasteiger partial charge >= 0.3 is 0 Å². The van der Waals surface area contributed by atoms with Gasteiger partial charge in [-0.05, 0) is 36.2 Å². The third kappa shape index (κ3) is 3.40. The number of ether oxygens (including phenoxy) is 1. The van der Waals surface area contributed by atoms with E-state index in [9.17, 15) is 0 Å². The number of anilines is 1. The summed E-state index contributed by atoms with van der Waals surface area (Å²) in [6.45, 7) is 0. The van der Waals surface area contributed by atoms with Crippen molar-refractivity contribution in [3.8, 4) is 5.75 Å². The zero-order chi connectivity index (χ0) is 12.8. The van der Waals surface area contributed by atoms with E-state index in [2.05, 4.69) is 4.98 Å². The van der Waals surface area contributed by atoms with Crippen molar-refractivity contribution in [2.45, 2.75) is 11.3 Å². The number of hydrogen-bond donors (Lipinski definition) is 1. The predicted octanol–water partition coefficient (Wildman–Crippen LogP) is 3.01. The van der Waals surface area contributed by atoms with Gasteiger partial charge in [0.2, 0.25) is 0 Å². The Morgan fingerprint density at radius 2 is 2.00 bits per heavy atom. The van der Waals surface area contributed by atoms with Crippen LogP contribution in [-0.4, -0.2) is 17.8 Å². The molecule has 0 spiro atoms. The van der Waals surface area contributed by atoms with Crippen molar-refractivity contribution in [3.05, 3.63) is 48.3 Å². The van der Waals surface area contributed by atoms with Crippen LogP contribution in [0.3, 0.4) is 0 Å². The molecule has 0 saturated heterocycles. The standard InChI is InChI=1S/C14H16N2OS/c1-17-13-10-12(15)2-3-14(13)18-9-6-11-4-7-16-8-5-11/h2-5,7-8,10H,6,9,15H2,1H3. The minimum absolute atomic E-state index is 0.727. The number of benzene rings is 1. The highest BCUT2D eigenvalue weighted by Gasteiger charge is 2.04. The van der Waals surface area contributed by atoms with E-state index in [4.69, 9.17) is 10.5 Å². The molecular formula is C14H16N2OS. The zero-order valence-electron chi connectivity index (χ0n) is 10.3. The molecule has 0 amide bonds. The van der Waals surface area contributed by atoms with Crippen LogP contribution in [0.15, 0.2) is 47.6 Å². The molecular weight excluding hydrogens is 244 g/mol. The van der Waals surface area contributed by atoms with E-state index in [1.54, 1.807) is 18.9 Å². The van der Waals surface area contributed by atoms with Crippen LogP contribution in [0.1, 0.15) is 5.56 Å². The Morgan fingerprint density at radius 1 is 1.22 bits per heavy atom. The number of hydrogen-bond acceptors (Lipinski definition) is 4. The maximum atomic E-state index is 5.73. The number of nitrogen functional groups attached to an aromatic ring is 1. The maximum absolute atomic E-state index is 5.73. The third-order valence-corrected chi connectivity index (χ3v) is 3.64. The van der Waals surface area contributed by atoms with Crippen LogP contribution in [-0.2, 0) is 6.42 Å². The van der Waals surface area contributed by atoms with Crippen LogP contribution in [0.2, 0.25) is 0 Å². The van der Waals surface area contributed by atoms with E-state index < -0.39 is 0 Å². The van der Waals surface area contributed by atoms with Gasteiger partial charge in [0, 0.05) is 34.8 Å². The van der Waals surface area contributed by atoms with Crippen LogP contribution in [0.5, 0.6) is 5.75 Å². The Kier molecular flexibility index (Phi) is 4.47. The number of methoxy groups -OCH3 is 1. The smallest absolute Gasteiger partial charge is 0.134 e. The first kappa shape index (κ1) is 12.8. The second-order valence-corrected chi connectivity index (χ2v) is 5.00. The molecule has 0 radical (unpaired) electrons. The highest BCUT2D eigenvalue weighted by Crippen LogP contribution is 2.31. The van der Waals surface area contributed by atoms with E-state index in [1.807, 2.05) is 42.7 Å². The average Bonchev–Trinajstić information content (AvgIpc) is 2.41. The second-order valence-electron chi connectivity index (χ2n) is 3.86. The summed E-state index contributed by atoms with van der Waals surface area (Å²) in [7, 11) is 1.67. The third-order valence-electron chi connectivity index (χ3n) is 2.59. The van der Waals surface area contributed by atoms with Crippen molar-refractivity contribution in [3.63, 3.8) is 0 Å². The van der Waals surface area contributed by atoms with Gasteiger partial charge in [0.15, 0.2) is 0 Å². The fourth-order valence-corrected chi connectivity index (χ4v) is 2.64. The van der Waals surface area contributed by atoms with Gasteiger partial charge in [0.05, 0.1) is 7.11 Å². The molecule has 1 aromatic heterocycles. The van der Waals surface area contributed by atoms with Crippen LogP contribution < -0.4 is 10.5 Å². The Balaban J connectivity index is 1.94. The molecule has 0 unspecified atom stereocenters. The summed E-state index contributed by atoms with van der Waals surface area (Å²) in [6.07, 6.45) is 4.66. The minimum Gasteiger partial charge on any atom is -0.496 e. The Hall–Kier alpha value is -1.68. The van der Waals surface area contributed by atoms with Gasteiger partial charge in [-0.2, -0.15) is 0 Å². The summed E-state index contributed by atoms with van der Waals surface area (Å²) < 4.78 is 5.32. The van der Waals surface area contributed by atoms with Crippen molar-refractivity contribution < 1.29 is 4.74 Å². The molecule has 4 heteroatoms. The average molecular weight is 260 g/mol. The maximum Gasteiger partial charge on any atom is 0.134 e. The number of aromatic nitrogens is 1. The van der Waals surface area contributed by atoms with Gasteiger partial charge in [0.1, 0.15) is 5.75 Å². The van der Waals surface area contributed by atoms with Crippen LogP contribution in [0.4, 0.5) is 5.69 Å². The summed E-state index contributed by atoms with van der Waals surface area (Å²) in [5.41, 5.74) is 7.75. The molecule has 0 bridgehead atoms. The molecule has 3 nitrogen and oxygen atoms in total. The predicted molar refractivity (Wildman–Crippen MR) is 76.1 cm³/mol. The largest absolute Gasteiger partial charge is 0.496 e. The second kappa shape index (κ2) is 6.31. The van der Waals surface area contributed by atoms with E-state index in [1.165, 1.54) is 5.56 Å². The molecule has 0 aliphatic heterocycles. The molecule has 1 heterocycles. The Bertz CT molecular complexity index is 502. The molecule has 2 N–H and O–H groups in total. The van der Waals surface area contributed by atoms with Crippen LogP contribution in [0.25, 0.3) is 0 Å². The van der Waals surface area contributed by atoms with Crippen molar-refractivity contribution in [2.75, 3.05) is 18.6 Å². The van der Waals surface area contributed by atoms with Gasteiger partial charge in [-0.1, -0.05) is 0 Å². The summed E-state index contributed by atoms with van der Waals surface area (Å²) in [6, 6.07) is 9.85. The lowest BCUT2D eigenvalue weighted by atomic mass is 10.2. The first-order chi connectivity index (χ1) is 8.79. The molecule has 0 fully saturated rings. The highest BCUT2D eigenvalue weighted by molar-refractivity contribution is 7.99. The van der Waals surface area contributed by atoms with Crippen molar-refractivity contribution in [1.29, 1.82) is 0 Å². The minimum atomic E-state index is 0.727. The molecule has 0 atom stereocenters. The molecule has 0 aliphatic carbocycles. The number of nitrogens with two attached hydrogens (primary N) is 1. The monoisotopic (exact) mass is 260 g/mol. The van der Waals surface area contributed by atoms with E-state index in [0.717, 1.165) is 28.5 Å². The number of thioether (sulfide) groups is 1. The molecule has 2 aromatic rings. The topological polar surface area (TPSA) is 48.1 Å². The molecule has 18 heavy (non-hydrogen) atoms. The number of rotatable bonds is 5. The lowest BCUT2D eigenvalue weighted by Crippen LogP contribution is -1.92. The zero-order valence-corrected chi connectivity index (χ0v) is 11.1. The fraction of sp³-hybridized carbons (Fsp3) is 0.214. The van der Waals surface area contributed by atoms with Crippen molar-refractivity contribution >= 4 is 17.4 Å². The van der Waals surface area contributed by atoms with Gasteiger partial charge < -0.3 is 10.5 Å². The Labute approximate surface area is 111 Å². The quantitative estimate of drug-likeness (QED) is 0.663. The van der Waals surface area contributed by atoms with Gasteiger partial charge in [0.25, 0.3) is 0 Å². The molecule has 94 valence electrons. The first-order valence-electron chi connectivity index (χ1n) is 5.75. The summed E-state index contributed by atoms with van der Waals surface area (Å²) in [4.78, 5) is 5.13. The lowest BCUT2D eigenvalue weighted by molar-refractivity contribution is 0.405. The van der Waals surface area contributed by atoms with E-state index in [0.29, 0.717) is 0 Å². The first-order valence-corrected chi connectivity index (χ1v) is 6.73. The van der Waals surface area contributed by atoms with Crippen molar-refractivity contribution in [2.24, 2.45) is 0 Å². The molecule has 0 saturated carbocycles. The number of pyridine rings is 1. The fourth-order valence-electron chi connectivity index (χ4n) is 1.63. The van der Waals surface area contributed by atoms with Crippen molar-refractivity contribution in [1.82, 2.24) is 4.98 Å². The number of nitrogens with zero attached hydrogens (tertiary/aromatic N) is 1. The van der Waals surface area contributed by atoms with Crippen LogP contribution >= 0.6 is 11.8 Å². The summed E-state index contributed by atoms with van der Waals surface area (Å²) in [5.74, 6) is 1.85. The lowest BCUT2D eigenvalue weighted by Gasteiger charge is -2.08. The SMILES string of the molecule is COc1cc(N)ccc1SCCc1ccncc1. The summed E-state index contributed by atoms with van der Waals surface area (Å²) in [5, 5.41) is 0. The van der Waals surface area contributed by atoms with Gasteiger partial charge in [-0.3, -0.25) is 4.98 Å². The molecule has 0 aliphatic rings. The van der Waals surface area contributed by atoms with E-state index >= 15 is 0 Å². The van der Waals surface area contributed by atoms with Gasteiger partial charge in [-0.25, -0.2) is 0 Å².